The van der Waals surface area contributed by atoms with Gasteiger partial charge in [-0.25, -0.2) is 9.50 Å². The van der Waals surface area contributed by atoms with Gasteiger partial charge in [-0.2, -0.15) is 18.3 Å². The second-order valence-corrected chi connectivity index (χ2v) is 5.02. The molecule has 0 atom stereocenters. The third-order valence-corrected chi connectivity index (χ3v) is 3.26. The second-order valence-electron chi connectivity index (χ2n) is 4.64. The summed E-state index contributed by atoms with van der Waals surface area (Å²) in [7, 11) is 0. The van der Waals surface area contributed by atoms with Crippen LogP contribution in [-0.4, -0.2) is 33.6 Å². The molecule has 2 rings (SSSR count). The smallest absolute Gasteiger partial charge is 0.354 e. The molecule has 0 unspecified atom stereocenters. The van der Waals surface area contributed by atoms with E-state index in [9.17, 15) is 13.2 Å². The summed E-state index contributed by atoms with van der Waals surface area (Å²) in [6.45, 7) is 3.27. The third kappa shape index (κ3) is 3.58. The summed E-state index contributed by atoms with van der Waals surface area (Å²) in [6, 6.07) is 1.02. The molecule has 21 heavy (non-hydrogen) atoms. The van der Waals surface area contributed by atoms with E-state index in [0.29, 0.717) is 30.3 Å². The molecule has 0 aliphatic heterocycles. The number of anilines is 1. The van der Waals surface area contributed by atoms with E-state index >= 15 is 0 Å². The Morgan fingerprint density at radius 2 is 2.10 bits per heavy atom. The highest BCUT2D eigenvalue weighted by atomic mass is 35.5. The summed E-state index contributed by atoms with van der Waals surface area (Å²) in [6.07, 6.45) is 0.286. The summed E-state index contributed by atoms with van der Waals surface area (Å²) < 4.78 is 39.5. The molecule has 0 fully saturated rings. The summed E-state index contributed by atoms with van der Waals surface area (Å²) in [5, 5.41) is 3.56. The van der Waals surface area contributed by atoms with E-state index in [1.807, 2.05) is 11.8 Å². The minimum Gasteiger partial charge on any atom is -0.354 e. The molecule has 0 aliphatic rings. The molecule has 0 aromatic carbocycles. The van der Waals surface area contributed by atoms with Gasteiger partial charge >= 0.3 is 6.18 Å². The summed E-state index contributed by atoms with van der Waals surface area (Å²) in [4.78, 5) is 6.11. The van der Waals surface area contributed by atoms with E-state index in [1.54, 1.807) is 0 Å². The second kappa shape index (κ2) is 6.51. The van der Waals surface area contributed by atoms with Crippen molar-refractivity contribution >= 4 is 22.9 Å². The maximum Gasteiger partial charge on any atom is 0.435 e. The number of fused-ring (bicyclic) bond motifs is 1. The largest absolute Gasteiger partial charge is 0.435 e. The fourth-order valence-electron chi connectivity index (χ4n) is 2.07. The van der Waals surface area contributed by atoms with Crippen LogP contribution in [0, 0.1) is 0 Å². The minimum absolute atomic E-state index is 0.339. The molecule has 2 aromatic rings. The van der Waals surface area contributed by atoms with Gasteiger partial charge in [0.05, 0.1) is 0 Å². The van der Waals surface area contributed by atoms with Gasteiger partial charge in [0.2, 0.25) is 0 Å². The average Bonchev–Trinajstić information content (AvgIpc) is 2.87. The van der Waals surface area contributed by atoms with Gasteiger partial charge in [-0.1, -0.05) is 13.3 Å². The lowest BCUT2D eigenvalue weighted by Gasteiger charge is -2.22. The zero-order valence-corrected chi connectivity index (χ0v) is 12.3. The van der Waals surface area contributed by atoms with Crippen LogP contribution in [0.1, 0.15) is 25.5 Å². The van der Waals surface area contributed by atoms with Crippen LogP contribution in [-0.2, 0) is 6.18 Å². The Morgan fingerprint density at radius 3 is 2.71 bits per heavy atom. The summed E-state index contributed by atoms with van der Waals surface area (Å²) in [5.41, 5.74) is -0.580. The maximum absolute atomic E-state index is 12.8. The first-order chi connectivity index (χ1) is 9.97. The molecule has 8 heteroatoms. The van der Waals surface area contributed by atoms with E-state index in [-0.39, 0.29) is 0 Å². The quantitative estimate of drug-likeness (QED) is 0.763. The summed E-state index contributed by atoms with van der Waals surface area (Å²) >= 11 is 5.78. The predicted molar refractivity (Wildman–Crippen MR) is 75.8 cm³/mol. The monoisotopic (exact) mass is 320 g/mol. The fourth-order valence-corrected chi connectivity index (χ4v) is 2.27. The molecule has 2 aromatic heterocycles. The Balaban J connectivity index is 2.44. The van der Waals surface area contributed by atoms with Crippen LogP contribution in [0.3, 0.4) is 0 Å². The Hall–Kier alpha value is -1.50. The molecule has 0 spiro atoms. The van der Waals surface area contributed by atoms with Gasteiger partial charge in [0, 0.05) is 37.4 Å². The lowest BCUT2D eigenvalue weighted by molar-refractivity contribution is -0.141. The van der Waals surface area contributed by atoms with Crippen molar-refractivity contribution in [1.29, 1.82) is 0 Å². The SMILES string of the molecule is CCCCN(CCCl)c1nccn2nc(C(F)(F)F)cc12. The number of hydrogen-bond acceptors (Lipinski definition) is 3. The van der Waals surface area contributed by atoms with Gasteiger partial charge in [-0.15, -0.1) is 11.6 Å². The zero-order chi connectivity index (χ0) is 15.5. The summed E-state index contributed by atoms with van der Waals surface area (Å²) in [5.74, 6) is 0.863. The van der Waals surface area contributed by atoms with Crippen LogP contribution in [0.15, 0.2) is 18.5 Å². The number of rotatable bonds is 6. The van der Waals surface area contributed by atoms with Crippen LogP contribution in [0.2, 0.25) is 0 Å². The van der Waals surface area contributed by atoms with Crippen molar-refractivity contribution in [2.24, 2.45) is 0 Å². The Kier molecular flexibility index (Phi) is 4.92. The first-order valence-electron chi connectivity index (χ1n) is 6.70. The van der Waals surface area contributed by atoms with E-state index in [1.165, 1.54) is 16.9 Å². The van der Waals surface area contributed by atoms with E-state index in [2.05, 4.69) is 10.1 Å². The highest BCUT2D eigenvalue weighted by molar-refractivity contribution is 6.18. The van der Waals surface area contributed by atoms with Crippen molar-refractivity contribution < 1.29 is 13.2 Å². The first-order valence-corrected chi connectivity index (χ1v) is 7.23. The van der Waals surface area contributed by atoms with Gasteiger partial charge in [0.1, 0.15) is 5.52 Å². The normalized spacial score (nSPS) is 12.0. The Morgan fingerprint density at radius 1 is 1.33 bits per heavy atom. The topological polar surface area (TPSA) is 33.4 Å². The number of aromatic nitrogens is 3. The van der Waals surface area contributed by atoms with Crippen molar-refractivity contribution in [3.8, 4) is 0 Å². The first kappa shape index (κ1) is 15.9. The lowest BCUT2D eigenvalue weighted by Crippen LogP contribution is -2.28. The molecular formula is C13H16ClF3N4. The van der Waals surface area contributed by atoms with Gasteiger partial charge in [-0.05, 0) is 6.42 Å². The molecule has 0 saturated carbocycles. The van der Waals surface area contributed by atoms with Crippen molar-refractivity contribution in [1.82, 2.24) is 14.6 Å². The molecular weight excluding hydrogens is 305 g/mol. The predicted octanol–water partition coefficient (Wildman–Crippen LogP) is 3.59. The molecule has 4 nitrogen and oxygen atoms in total. The lowest BCUT2D eigenvalue weighted by atomic mass is 10.3. The molecule has 0 bridgehead atoms. The highest BCUT2D eigenvalue weighted by Gasteiger charge is 2.34. The molecule has 0 saturated heterocycles. The average molecular weight is 321 g/mol. The number of hydrogen-bond donors (Lipinski definition) is 0. The van der Waals surface area contributed by atoms with Crippen molar-refractivity contribution in [2.75, 3.05) is 23.9 Å². The number of halogens is 4. The molecule has 0 amide bonds. The van der Waals surface area contributed by atoms with Crippen LogP contribution in [0.5, 0.6) is 0 Å². The van der Waals surface area contributed by atoms with E-state index in [0.717, 1.165) is 18.9 Å². The molecule has 116 valence electrons. The molecule has 0 aliphatic carbocycles. The van der Waals surface area contributed by atoms with Crippen molar-refractivity contribution in [2.45, 2.75) is 25.9 Å². The minimum atomic E-state index is -4.47. The number of nitrogens with zero attached hydrogens (tertiary/aromatic N) is 4. The number of unbranched alkanes of at least 4 members (excludes halogenated alkanes) is 1. The molecule has 0 radical (unpaired) electrons. The van der Waals surface area contributed by atoms with Gasteiger partial charge in [0.25, 0.3) is 0 Å². The van der Waals surface area contributed by atoms with Crippen LogP contribution in [0.4, 0.5) is 19.0 Å². The number of alkyl halides is 4. The van der Waals surface area contributed by atoms with Crippen LogP contribution < -0.4 is 4.90 Å². The van der Waals surface area contributed by atoms with E-state index in [4.69, 9.17) is 11.6 Å². The zero-order valence-electron chi connectivity index (χ0n) is 11.6. The van der Waals surface area contributed by atoms with Crippen LogP contribution in [0.25, 0.3) is 5.52 Å². The Bertz CT molecular complexity index is 597. The fraction of sp³-hybridized carbons (Fsp3) is 0.538. The molecule has 0 N–H and O–H groups in total. The van der Waals surface area contributed by atoms with Crippen molar-refractivity contribution in [3.63, 3.8) is 0 Å². The standard InChI is InChI=1S/C13H16ClF3N4/c1-2-3-6-20(7-4-14)12-10-9-11(13(15,16)17)19-21(10)8-5-18-12/h5,8-9H,2-4,6-7H2,1H3. The molecule has 2 heterocycles. The van der Waals surface area contributed by atoms with Gasteiger partial charge < -0.3 is 4.90 Å². The van der Waals surface area contributed by atoms with Gasteiger partial charge in [0.15, 0.2) is 11.5 Å². The third-order valence-electron chi connectivity index (χ3n) is 3.10. The van der Waals surface area contributed by atoms with Crippen molar-refractivity contribution in [3.05, 3.63) is 24.2 Å². The highest BCUT2D eigenvalue weighted by Crippen LogP contribution is 2.30. The Labute approximate surface area is 125 Å². The maximum atomic E-state index is 12.8. The van der Waals surface area contributed by atoms with Gasteiger partial charge in [-0.3, -0.25) is 0 Å². The van der Waals surface area contributed by atoms with Crippen LogP contribution >= 0.6 is 11.6 Å². The van der Waals surface area contributed by atoms with E-state index < -0.39 is 11.9 Å².